The van der Waals surface area contributed by atoms with E-state index in [1.807, 2.05) is 25.4 Å². The van der Waals surface area contributed by atoms with E-state index in [2.05, 4.69) is 29.2 Å². The van der Waals surface area contributed by atoms with Crippen molar-refractivity contribution in [2.24, 2.45) is 0 Å². The van der Waals surface area contributed by atoms with Gasteiger partial charge >= 0.3 is 0 Å². The highest BCUT2D eigenvalue weighted by Gasteiger charge is 2.16. The highest BCUT2D eigenvalue weighted by molar-refractivity contribution is 5.37. The molecule has 0 aliphatic heterocycles. The summed E-state index contributed by atoms with van der Waals surface area (Å²) >= 11 is 0. The first-order valence-electron chi connectivity index (χ1n) is 5.73. The van der Waals surface area contributed by atoms with Crippen LogP contribution in [0.5, 0.6) is 0 Å². The maximum absolute atomic E-state index is 4.61. The average Bonchev–Trinajstić information content (AvgIpc) is 2.77. The molecule has 2 heterocycles. The van der Waals surface area contributed by atoms with Gasteiger partial charge in [0.2, 0.25) is 0 Å². The van der Waals surface area contributed by atoms with Crippen LogP contribution in [0, 0.1) is 0 Å². The Morgan fingerprint density at radius 3 is 2.94 bits per heavy atom. The number of fused-ring (bicyclic) bond motifs is 1. The minimum Gasteiger partial charge on any atom is -0.316 e. The van der Waals surface area contributed by atoms with E-state index in [9.17, 15) is 0 Å². The summed E-state index contributed by atoms with van der Waals surface area (Å²) in [6.45, 7) is 4.40. The highest BCUT2D eigenvalue weighted by Crippen LogP contribution is 2.19. The smallest absolute Gasteiger partial charge is 0.155 e. The summed E-state index contributed by atoms with van der Waals surface area (Å²) in [5, 5.41) is 7.47. The van der Waals surface area contributed by atoms with Gasteiger partial charge in [0.05, 0.1) is 6.20 Å². The normalized spacial score (nSPS) is 15.2. The zero-order valence-corrected chi connectivity index (χ0v) is 10.0. The first-order valence-corrected chi connectivity index (χ1v) is 5.73. The molecule has 0 saturated carbocycles. The van der Waals surface area contributed by atoms with Gasteiger partial charge in [-0.05, 0) is 19.5 Å². The predicted octanol–water partition coefficient (Wildman–Crippen LogP) is 1.83. The van der Waals surface area contributed by atoms with Crippen LogP contribution in [0.2, 0.25) is 0 Å². The first kappa shape index (κ1) is 11.1. The Morgan fingerprint density at radius 1 is 1.44 bits per heavy atom. The summed E-state index contributed by atoms with van der Waals surface area (Å²) in [4.78, 5) is 4.61. The molecular formula is C12H18N4. The summed E-state index contributed by atoms with van der Waals surface area (Å²) in [5.74, 6) is 0.412. The molecule has 2 atom stereocenters. The van der Waals surface area contributed by atoms with Crippen LogP contribution < -0.4 is 5.32 Å². The van der Waals surface area contributed by atoms with Gasteiger partial charge in [-0.1, -0.05) is 13.8 Å². The first-order chi connectivity index (χ1) is 7.76. The summed E-state index contributed by atoms with van der Waals surface area (Å²) in [6, 6.07) is 4.44. The molecule has 86 valence electrons. The van der Waals surface area contributed by atoms with Crippen LogP contribution in [-0.2, 0) is 0 Å². The molecule has 1 N–H and O–H groups in total. The van der Waals surface area contributed by atoms with Gasteiger partial charge in [0.15, 0.2) is 5.65 Å². The van der Waals surface area contributed by atoms with Gasteiger partial charge in [-0.25, -0.2) is 9.50 Å². The van der Waals surface area contributed by atoms with E-state index in [0.717, 1.165) is 17.8 Å². The number of likely N-dealkylation sites (N-methyl/N-ethyl adjacent to an activating group) is 1. The molecule has 16 heavy (non-hydrogen) atoms. The van der Waals surface area contributed by atoms with Crippen LogP contribution in [0.4, 0.5) is 0 Å². The number of hydrogen-bond donors (Lipinski definition) is 1. The molecule has 0 aromatic carbocycles. The monoisotopic (exact) mass is 218 g/mol. The van der Waals surface area contributed by atoms with Crippen LogP contribution in [-0.4, -0.2) is 27.7 Å². The van der Waals surface area contributed by atoms with E-state index in [-0.39, 0.29) is 0 Å². The second-order valence-electron chi connectivity index (χ2n) is 4.08. The SMILES string of the molecule is CCC(NC)C(C)c1ccn2nccc2n1. The van der Waals surface area contributed by atoms with Crippen LogP contribution in [0.15, 0.2) is 24.5 Å². The largest absolute Gasteiger partial charge is 0.316 e. The number of rotatable bonds is 4. The Balaban J connectivity index is 2.31. The van der Waals surface area contributed by atoms with E-state index in [4.69, 9.17) is 0 Å². The van der Waals surface area contributed by atoms with Crippen molar-refractivity contribution >= 4 is 5.65 Å². The van der Waals surface area contributed by atoms with Gasteiger partial charge in [-0.2, -0.15) is 5.10 Å². The van der Waals surface area contributed by atoms with Crippen molar-refractivity contribution in [3.8, 4) is 0 Å². The lowest BCUT2D eigenvalue weighted by Crippen LogP contribution is -2.30. The summed E-state index contributed by atoms with van der Waals surface area (Å²) in [6.07, 6.45) is 4.84. The van der Waals surface area contributed by atoms with E-state index in [1.165, 1.54) is 0 Å². The van der Waals surface area contributed by atoms with Crippen LogP contribution in [0.25, 0.3) is 5.65 Å². The van der Waals surface area contributed by atoms with E-state index in [1.54, 1.807) is 10.7 Å². The van der Waals surface area contributed by atoms with Crippen molar-refractivity contribution in [1.29, 1.82) is 0 Å². The van der Waals surface area contributed by atoms with E-state index in [0.29, 0.717) is 12.0 Å². The molecule has 4 heteroatoms. The topological polar surface area (TPSA) is 42.2 Å². The quantitative estimate of drug-likeness (QED) is 0.851. The number of hydrogen-bond acceptors (Lipinski definition) is 3. The molecule has 0 saturated heterocycles. The Hall–Kier alpha value is -1.42. The molecule has 0 aliphatic carbocycles. The molecular weight excluding hydrogens is 200 g/mol. The van der Waals surface area contributed by atoms with Crippen molar-refractivity contribution in [2.75, 3.05) is 7.05 Å². The summed E-state index contributed by atoms with van der Waals surface area (Å²) < 4.78 is 1.79. The van der Waals surface area contributed by atoms with Crippen LogP contribution >= 0.6 is 0 Å². The zero-order valence-electron chi connectivity index (χ0n) is 10.0. The fourth-order valence-electron chi connectivity index (χ4n) is 2.09. The number of nitrogens with one attached hydrogen (secondary N) is 1. The molecule has 0 bridgehead atoms. The van der Waals surface area contributed by atoms with E-state index < -0.39 is 0 Å². The average molecular weight is 218 g/mol. The maximum atomic E-state index is 4.61. The third-order valence-electron chi connectivity index (χ3n) is 3.16. The van der Waals surface area contributed by atoms with E-state index >= 15 is 0 Å². The predicted molar refractivity (Wildman–Crippen MR) is 64.5 cm³/mol. The molecule has 0 fully saturated rings. The van der Waals surface area contributed by atoms with Gasteiger partial charge in [0.1, 0.15) is 0 Å². The second kappa shape index (κ2) is 4.61. The van der Waals surface area contributed by atoms with Gasteiger partial charge in [-0.15, -0.1) is 0 Å². The molecule has 2 aromatic rings. The molecule has 2 aromatic heterocycles. The van der Waals surface area contributed by atoms with Gasteiger partial charge in [0.25, 0.3) is 0 Å². The minimum absolute atomic E-state index is 0.412. The van der Waals surface area contributed by atoms with Crippen molar-refractivity contribution in [3.63, 3.8) is 0 Å². The van der Waals surface area contributed by atoms with Gasteiger partial charge < -0.3 is 5.32 Å². The summed E-state index contributed by atoms with van der Waals surface area (Å²) in [7, 11) is 2.00. The molecule has 2 rings (SSSR count). The second-order valence-corrected chi connectivity index (χ2v) is 4.08. The Morgan fingerprint density at radius 2 is 2.25 bits per heavy atom. The standard InChI is InChI=1S/C12H18N4/c1-4-10(13-3)9(2)11-6-8-16-12(15-11)5-7-14-16/h5-10,13H,4H2,1-3H3. The molecule has 0 spiro atoms. The zero-order chi connectivity index (χ0) is 11.5. The van der Waals surface area contributed by atoms with Gasteiger partial charge in [0, 0.05) is 29.9 Å². The third kappa shape index (κ3) is 1.93. The minimum atomic E-state index is 0.412. The van der Waals surface area contributed by atoms with Crippen molar-refractivity contribution in [1.82, 2.24) is 19.9 Å². The molecule has 0 amide bonds. The number of nitrogens with zero attached hydrogens (tertiary/aromatic N) is 3. The Kier molecular flexibility index (Phi) is 3.19. The summed E-state index contributed by atoms with van der Waals surface area (Å²) in [5.41, 5.74) is 2.03. The van der Waals surface area contributed by atoms with Crippen LogP contribution in [0.3, 0.4) is 0 Å². The highest BCUT2D eigenvalue weighted by atomic mass is 15.2. The van der Waals surface area contributed by atoms with Crippen LogP contribution in [0.1, 0.15) is 31.9 Å². The molecule has 2 unspecified atom stereocenters. The lowest BCUT2D eigenvalue weighted by atomic mass is 9.96. The number of aromatic nitrogens is 3. The van der Waals surface area contributed by atoms with Crippen molar-refractivity contribution in [2.45, 2.75) is 32.2 Å². The molecule has 4 nitrogen and oxygen atoms in total. The molecule has 0 aliphatic rings. The lowest BCUT2D eigenvalue weighted by molar-refractivity contribution is 0.465. The van der Waals surface area contributed by atoms with Gasteiger partial charge in [-0.3, -0.25) is 0 Å². The Bertz CT molecular complexity index is 459. The lowest BCUT2D eigenvalue weighted by Gasteiger charge is -2.21. The van der Waals surface area contributed by atoms with Crippen molar-refractivity contribution < 1.29 is 0 Å². The third-order valence-corrected chi connectivity index (χ3v) is 3.16. The molecule has 0 radical (unpaired) electrons. The Labute approximate surface area is 95.7 Å². The fraction of sp³-hybridized carbons (Fsp3) is 0.500. The fourth-order valence-corrected chi connectivity index (χ4v) is 2.09. The van der Waals surface area contributed by atoms with Crippen molar-refractivity contribution in [3.05, 3.63) is 30.2 Å². The maximum Gasteiger partial charge on any atom is 0.155 e.